The average Bonchev–Trinajstić information content (AvgIpc) is 3.65. The number of sulfonamides is 1. The maximum Gasteiger partial charge on any atom is 0.287 e. The molecule has 41 heavy (non-hydrogen) atoms. The Hall–Kier alpha value is -3.19. The maximum atomic E-state index is 13.6. The first kappa shape index (κ1) is 29.3. The second-order valence-electron chi connectivity index (χ2n) is 10.7. The van der Waals surface area contributed by atoms with E-state index in [9.17, 15) is 22.8 Å². The number of hydrogen-bond donors (Lipinski definition) is 3. The molecule has 3 N–H and O–H groups in total. The van der Waals surface area contributed by atoms with E-state index in [1.165, 1.54) is 18.2 Å². The van der Waals surface area contributed by atoms with Gasteiger partial charge in [0.2, 0.25) is 21.8 Å². The third-order valence-corrected chi connectivity index (χ3v) is 9.48. The van der Waals surface area contributed by atoms with Gasteiger partial charge in [-0.05, 0) is 49.1 Å². The van der Waals surface area contributed by atoms with Gasteiger partial charge in [-0.2, -0.15) is 0 Å². The van der Waals surface area contributed by atoms with Gasteiger partial charge in [-0.15, -0.1) is 0 Å². The molecule has 0 saturated carbocycles. The lowest BCUT2D eigenvalue weighted by molar-refractivity contribution is -0.140. The van der Waals surface area contributed by atoms with Crippen LogP contribution >= 0.6 is 23.2 Å². The molecule has 1 aromatic heterocycles. The number of hydrogen-bond acceptors (Lipinski definition) is 6. The van der Waals surface area contributed by atoms with E-state index in [0.717, 1.165) is 5.52 Å². The molecule has 218 valence electrons. The second-order valence-corrected chi connectivity index (χ2v) is 13.3. The summed E-state index contributed by atoms with van der Waals surface area (Å²) in [7, 11) is -4.04. The minimum Gasteiger partial charge on any atom is -0.338 e. The molecule has 2 aliphatic rings. The SMILES string of the molecule is CC(C)C[C@H](NC(=O)c1nc2ccccc2[nH]1)C(=O)N1C[C@@H]2C[C@H]1CN2C(=O)CNS(=O)(=O)c1ccc(Cl)cc1Cl. The molecule has 5 rings (SSSR count). The van der Waals surface area contributed by atoms with Crippen molar-refractivity contribution in [2.45, 2.75) is 49.7 Å². The summed E-state index contributed by atoms with van der Waals surface area (Å²) in [6, 6.07) is 10.1. The summed E-state index contributed by atoms with van der Waals surface area (Å²) in [6.45, 7) is 4.09. The minimum atomic E-state index is -4.04. The van der Waals surface area contributed by atoms with E-state index >= 15 is 0 Å². The van der Waals surface area contributed by atoms with E-state index < -0.39 is 34.4 Å². The summed E-state index contributed by atoms with van der Waals surface area (Å²) in [5.41, 5.74) is 1.38. The number of aromatic nitrogens is 2. The molecule has 0 radical (unpaired) electrons. The molecule has 2 aliphatic heterocycles. The first-order valence-corrected chi connectivity index (χ1v) is 15.5. The minimum absolute atomic E-state index is 0.0461. The number of nitrogens with zero attached hydrogens (tertiary/aromatic N) is 3. The number of amides is 3. The zero-order chi connectivity index (χ0) is 29.5. The van der Waals surface area contributed by atoms with Crippen LogP contribution in [0.25, 0.3) is 11.0 Å². The van der Waals surface area contributed by atoms with Gasteiger partial charge in [0, 0.05) is 18.1 Å². The first-order chi connectivity index (χ1) is 19.4. The van der Waals surface area contributed by atoms with Gasteiger partial charge in [-0.25, -0.2) is 18.1 Å². The van der Waals surface area contributed by atoms with Gasteiger partial charge >= 0.3 is 0 Å². The van der Waals surface area contributed by atoms with E-state index in [-0.39, 0.29) is 46.2 Å². The van der Waals surface area contributed by atoms with Crippen molar-refractivity contribution in [2.75, 3.05) is 19.6 Å². The van der Waals surface area contributed by atoms with Crippen LogP contribution in [0.15, 0.2) is 47.4 Å². The molecule has 3 amide bonds. The fourth-order valence-electron chi connectivity index (χ4n) is 5.45. The lowest BCUT2D eigenvalue weighted by Crippen LogP contribution is -2.57. The Morgan fingerprint density at radius 3 is 2.44 bits per heavy atom. The number of carbonyl (C=O) groups is 3. The summed E-state index contributed by atoms with van der Waals surface area (Å²) >= 11 is 11.9. The molecule has 14 heteroatoms. The van der Waals surface area contributed by atoms with Crippen molar-refractivity contribution >= 4 is 62.0 Å². The van der Waals surface area contributed by atoms with E-state index in [1.54, 1.807) is 15.9 Å². The number of piperazine rings is 1. The van der Waals surface area contributed by atoms with E-state index in [0.29, 0.717) is 29.9 Å². The fraction of sp³-hybridized carbons (Fsp3) is 0.407. The Labute approximate surface area is 247 Å². The Morgan fingerprint density at radius 1 is 1.07 bits per heavy atom. The van der Waals surface area contributed by atoms with Gasteiger partial charge in [0.25, 0.3) is 5.91 Å². The van der Waals surface area contributed by atoms with Crippen molar-refractivity contribution in [3.8, 4) is 0 Å². The van der Waals surface area contributed by atoms with Crippen molar-refractivity contribution in [1.29, 1.82) is 0 Å². The van der Waals surface area contributed by atoms with Gasteiger partial charge in [-0.1, -0.05) is 49.2 Å². The molecule has 0 spiro atoms. The number of imidazole rings is 1. The summed E-state index contributed by atoms with van der Waals surface area (Å²) < 4.78 is 27.7. The van der Waals surface area contributed by atoms with Gasteiger partial charge in [0.15, 0.2) is 5.82 Å². The zero-order valence-corrected chi connectivity index (χ0v) is 24.8. The van der Waals surface area contributed by atoms with Gasteiger partial charge in [-0.3, -0.25) is 14.4 Å². The number of halogens is 2. The highest BCUT2D eigenvalue weighted by Gasteiger charge is 2.48. The molecule has 2 aromatic carbocycles. The summed E-state index contributed by atoms with van der Waals surface area (Å²) in [4.78, 5) is 50.1. The summed E-state index contributed by atoms with van der Waals surface area (Å²) in [5.74, 6) is -0.791. The average molecular weight is 622 g/mol. The molecule has 2 saturated heterocycles. The fourth-order valence-corrected chi connectivity index (χ4v) is 7.20. The molecule has 3 aromatic rings. The predicted molar refractivity (Wildman–Crippen MR) is 154 cm³/mol. The Kier molecular flexibility index (Phi) is 8.29. The van der Waals surface area contributed by atoms with E-state index in [2.05, 4.69) is 20.0 Å². The number of carbonyl (C=O) groups excluding carboxylic acids is 3. The van der Waals surface area contributed by atoms with Crippen LogP contribution < -0.4 is 10.0 Å². The molecule has 11 nitrogen and oxygen atoms in total. The standard InChI is InChI=1S/C27H30Cl2N6O5S/c1-15(2)9-22(33-26(37)25-31-20-5-3-4-6-21(20)32-25)27(38)35-14-17-11-18(35)13-34(17)24(36)12-30-41(39,40)23-8-7-16(28)10-19(23)29/h3-8,10,15,17-18,22,30H,9,11-14H2,1-2H3,(H,31,32)(H,33,37)/t17-,18-,22-/m0/s1. The number of H-pyrrole nitrogens is 1. The zero-order valence-electron chi connectivity index (χ0n) is 22.4. The Balaban J connectivity index is 1.20. The van der Waals surface area contributed by atoms with E-state index in [4.69, 9.17) is 23.2 Å². The Morgan fingerprint density at radius 2 is 1.78 bits per heavy atom. The molecule has 2 fully saturated rings. The van der Waals surface area contributed by atoms with Crippen LogP contribution in [0, 0.1) is 5.92 Å². The van der Waals surface area contributed by atoms with Crippen LogP contribution in [-0.2, 0) is 19.6 Å². The smallest absolute Gasteiger partial charge is 0.287 e. The number of rotatable bonds is 9. The van der Waals surface area contributed by atoms with E-state index in [1.807, 2.05) is 32.0 Å². The highest BCUT2D eigenvalue weighted by Crippen LogP contribution is 2.32. The van der Waals surface area contributed by atoms with Gasteiger partial charge in [0.05, 0.1) is 34.7 Å². The number of aromatic amines is 1. The van der Waals surface area contributed by atoms with Crippen LogP contribution in [0.2, 0.25) is 10.0 Å². The first-order valence-electron chi connectivity index (χ1n) is 13.2. The third kappa shape index (κ3) is 6.20. The molecule has 3 heterocycles. The normalized spacial score (nSPS) is 19.2. The number of fused-ring (bicyclic) bond motifs is 3. The predicted octanol–water partition coefficient (Wildman–Crippen LogP) is 2.80. The highest BCUT2D eigenvalue weighted by molar-refractivity contribution is 7.89. The second kappa shape index (κ2) is 11.6. The van der Waals surface area contributed by atoms with Crippen LogP contribution in [0.4, 0.5) is 0 Å². The Bertz CT molecular complexity index is 1580. The molecule has 3 atom stereocenters. The third-order valence-electron chi connectivity index (χ3n) is 7.36. The van der Waals surface area contributed by atoms with Crippen molar-refractivity contribution in [1.82, 2.24) is 29.8 Å². The topological polar surface area (TPSA) is 145 Å². The van der Waals surface area contributed by atoms with Crippen LogP contribution in [0.3, 0.4) is 0 Å². The quantitative estimate of drug-likeness (QED) is 0.335. The van der Waals surface area contributed by atoms with Crippen molar-refractivity contribution in [2.24, 2.45) is 5.92 Å². The number of para-hydroxylation sites is 2. The van der Waals surface area contributed by atoms with Crippen LogP contribution in [0.1, 0.15) is 37.3 Å². The van der Waals surface area contributed by atoms with Crippen LogP contribution in [0.5, 0.6) is 0 Å². The van der Waals surface area contributed by atoms with Crippen molar-refractivity contribution in [3.05, 3.63) is 58.3 Å². The summed E-state index contributed by atoms with van der Waals surface area (Å²) in [5, 5.41) is 3.10. The lowest BCUT2D eigenvalue weighted by Gasteiger charge is -2.36. The molecule has 0 aliphatic carbocycles. The van der Waals surface area contributed by atoms with Crippen molar-refractivity contribution in [3.63, 3.8) is 0 Å². The number of nitrogens with one attached hydrogen (secondary N) is 3. The molecule has 2 bridgehead atoms. The maximum absolute atomic E-state index is 13.6. The number of benzene rings is 2. The van der Waals surface area contributed by atoms with Gasteiger partial charge < -0.3 is 20.1 Å². The molecular weight excluding hydrogens is 591 g/mol. The van der Waals surface area contributed by atoms with Crippen molar-refractivity contribution < 1.29 is 22.8 Å². The summed E-state index contributed by atoms with van der Waals surface area (Å²) in [6.07, 6.45) is 1.02. The highest BCUT2D eigenvalue weighted by atomic mass is 35.5. The molecular formula is C27H30Cl2N6O5S. The number of likely N-dealkylation sites (tertiary alicyclic amines) is 2. The largest absolute Gasteiger partial charge is 0.338 e. The van der Waals surface area contributed by atoms with Gasteiger partial charge in [0.1, 0.15) is 10.9 Å². The monoisotopic (exact) mass is 620 g/mol. The molecule has 0 unspecified atom stereocenters. The van der Waals surface area contributed by atoms with Crippen LogP contribution in [-0.4, -0.2) is 83.7 Å². The lowest BCUT2D eigenvalue weighted by atomic mass is 10.0.